The molecule has 7 nitrogen and oxygen atoms in total. The number of benzene rings is 2. The molecule has 1 aromatic heterocycles. The van der Waals surface area contributed by atoms with Crippen molar-refractivity contribution < 1.29 is 13.2 Å². The molecule has 0 radical (unpaired) electrons. The van der Waals surface area contributed by atoms with E-state index in [1.54, 1.807) is 6.07 Å². The van der Waals surface area contributed by atoms with Gasteiger partial charge in [-0.2, -0.15) is 4.31 Å². The zero-order valence-corrected chi connectivity index (χ0v) is 18.6. The lowest BCUT2D eigenvalue weighted by Gasteiger charge is -2.30. The number of fused-ring (bicyclic) bond motifs is 1. The van der Waals surface area contributed by atoms with Crippen molar-refractivity contribution in [2.24, 2.45) is 5.92 Å². The van der Waals surface area contributed by atoms with Gasteiger partial charge >= 0.3 is 0 Å². The Hall–Kier alpha value is -2.20. The first kappa shape index (κ1) is 21.0. The molecule has 0 unspecified atom stereocenters. The zero-order valence-electron chi connectivity index (χ0n) is 16.3. The van der Waals surface area contributed by atoms with Crippen molar-refractivity contribution in [3.05, 3.63) is 53.1 Å². The van der Waals surface area contributed by atoms with Gasteiger partial charge in [-0.3, -0.25) is 15.6 Å². The van der Waals surface area contributed by atoms with E-state index in [9.17, 15) is 13.2 Å². The third kappa shape index (κ3) is 4.29. The monoisotopic (exact) mass is 464 g/mol. The summed E-state index contributed by atoms with van der Waals surface area (Å²) in [5, 5.41) is 1.05. The number of hydrogen-bond donors (Lipinski definition) is 2. The topological polar surface area (TPSA) is 91.4 Å². The third-order valence-electron chi connectivity index (χ3n) is 5.03. The van der Waals surface area contributed by atoms with Crippen LogP contribution in [-0.2, 0) is 10.0 Å². The molecule has 4 rings (SSSR count). The largest absolute Gasteiger partial charge is 0.273 e. The van der Waals surface area contributed by atoms with Gasteiger partial charge in [-0.1, -0.05) is 35.9 Å². The normalized spacial score (nSPS) is 17.7. The lowest BCUT2D eigenvalue weighted by atomic mass is 10.0. The Kier molecular flexibility index (Phi) is 5.97. The van der Waals surface area contributed by atoms with Crippen molar-refractivity contribution in [3.63, 3.8) is 0 Å². The number of hydrazine groups is 1. The van der Waals surface area contributed by atoms with Gasteiger partial charge in [0.1, 0.15) is 5.52 Å². The highest BCUT2D eigenvalue weighted by molar-refractivity contribution is 7.89. The number of sulfonamides is 1. The number of carbonyl (C=O) groups is 1. The molecule has 1 aliphatic rings. The molecule has 0 aliphatic carbocycles. The fourth-order valence-electron chi connectivity index (χ4n) is 3.44. The number of anilines is 1. The van der Waals surface area contributed by atoms with E-state index in [0.717, 1.165) is 17.5 Å². The van der Waals surface area contributed by atoms with Crippen molar-refractivity contribution in [1.29, 1.82) is 0 Å². The van der Waals surface area contributed by atoms with E-state index in [2.05, 4.69) is 22.8 Å². The number of aromatic nitrogens is 1. The molecule has 1 atom stereocenters. The molecule has 1 amide bonds. The van der Waals surface area contributed by atoms with Crippen LogP contribution in [-0.4, -0.2) is 36.7 Å². The van der Waals surface area contributed by atoms with Gasteiger partial charge in [-0.05, 0) is 55.2 Å². The van der Waals surface area contributed by atoms with Crippen molar-refractivity contribution >= 4 is 54.2 Å². The summed E-state index contributed by atoms with van der Waals surface area (Å²) in [7, 11) is -3.55. The van der Waals surface area contributed by atoms with E-state index < -0.39 is 15.9 Å². The fourth-order valence-corrected chi connectivity index (χ4v) is 6.16. The summed E-state index contributed by atoms with van der Waals surface area (Å²) in [6, 6.07) is 11.5. The summed E-state index contributed by atoms with van der Waals surface area (Å²) >= 11 is 7.49. The molecule has 3 aromatic rings. The minimum absolute atomic E-state index is 0.196. The highest BCUT2D eigenvalue weighted by atomic mass is 35.5. The summed E-state index contributed by atoms with van der Waals surface area (Å²) in [5.74, 6) is -0.0436. The molecular weight excluding hydrogens is 444 g/mol. The van der Waals surface area contributed by atoms with Crippen LogP contribution in [0, 0.1) is 5.92 Å². The molecule has 158 valence electrons. The van der Waals surface area contributed by atoms with Gasteiger partial charge in [0.15, 0.2) is 0 Å². The Labute approximate surface area is 184 Å². The number of hydrogen-bond acceptors (Lipinski definition) is 6. The smallest absolute Gasteiger partial charge is 0.269 e. The van der Waals surface area contributed by atoms with E-state index in [1.165, 1.54) is 39.9 Å². The zero-order chi connectivity index (χ0) is 21.3. The van der Waals surface area contributed by atoms with Crippen LogP contribution in [0.3, 0.4) is 0 Å². The van der Waals surface area contributed by atoms with Gasteiger partial charge in [-0.25, -0.2) is 13.4 Å². The number of para-hydroxylation sites is 1. The molecule has 2 aromatic carbocycles. The number of thiazole rings is 1. The summed E-state index contributed by atoms with van der Waals surface area (Å²) in [4.78, 5) is 17.0. The molecule has 10 heteroatoms. The average Bonchev–Trinajstić information content (AvgIpc) is 3.17. The molecular formula is C20H21ClN4O3S2. The lowest BCUT2D eigenvalue weighted by molar-refractivity contribution is 0.0962. The van der Waals surface area contributed by atoms with Gasteiger partial charge in [0.05, 0.1) is 14.6 Å². The summed E-state index contributed by atoms with van der Waals surface area (Å²) in [6.07, 6.45) is 1.91. The Balaban J connectivity index is 1.43. The Morgan fingerprint density at radius 1 is 1.23 bits per heavy atom. The van der Waals surface area contributed by atoms with Gasteiger partial charge < -0.3 is 0 Å². The second-order valence-electron chi connectivity index (χ2n) is 7.32. The van der Waals surface area contributed by atoms with Crippen molar-refractivity contribution in [1.82, 2.24) is 14.7 Å². The van der Waals surface area contributed by atoms with E-state index in [0.29, 0.717) is 40.2 Å². The molecule has 1 aliphatic heterocycles. The summed E-state index contributed by atoms with van der Waals surface area (Å²) < 4.78 is 28.1. The van der Waals surface area contributed by atoms with Gasteiger partial charge in [-0.15, -0.1) is 0 Å². The number of halogens is 1. The second-order valence-corrected chi connectivity index (χ2v) is 10.7. The average molecular weight is 465 g/mol. The highest BCUT2D eigenvalue weighted by Gasteiger charge is 2.28. The predicted molar refractivity (Wildman–Crippen MR) is 119 cm³/mol. The number of nitrogens with one attached hydrogen (secondary N) is 2. The van der Waals surface area contributed by atoms with Crippen molar-refractivity contribution in [3.8, 4) is 0 Å². The molecule has 1 saturated heterocycles. The molecule has 2 heterocycles. The van der Waals surface area contributed by atoms with E-state index in [-0.39, 0.29) is 4.90 Å². The van der Waals surface area contributed by atoms with E-state index in [4.69, 9.17) is 11.6 Å². The first-order valence-electron chi connectivity index (χ1n) is 9.56. The van der Waals surface area contributed by atoms with Crippen LogP contribution in [0.25, 0.3) is 10.2 Å². The maximum Gasteiger partial charge on any atom is 0.269 e. The molecule has 1 fully saturated rings. The first-order valence-corrected chi connectivity index (χ1v) is 12.2. The summed E-state index contributed by atoms with van der Waals surface area (Å²) in [6.45, 7) is 3.12. The van der Waals surface area contributed by atoms with E-state index >= 15 is 0 Å². The quantitative estimate of drug-likeness (QED) is 0.554. The van der Waals surface area contributed by atoms with Crippen molar-refractivity contribution in [2.75, 3.05) is 18.5 Å². The van der Waals surface area contributed by atoms with E-state index in [1.807, 2.05) is 12.1 Å². The predicted octanol–water partition coefficient (Wildman–Crippen LogP) is 4.13. The Bertz CT molecular complexity index is 1180. The maximum atomic E-state index is 12.8. The van der Waals surface area contributed by atoms with Crippen LogP contribution >= 0.6 is 22.9 Å². The molecule has 0 bridgehead atoms. The standard InChI is InChI=1S/C20H21ClN4O3S2/c1-13-4-3-11-25(12-13)30(27,28)15-9-7-14(8-10-15)19(26)23-24-20-22-18-16(21)5-2-6-17(18)29-20/h2,5-10,13H,3-4,11-12H2,1H3,(H,22,24)(H,23,26)/t13-/m0/s1. The molecule has 0 saturated carbocycles. The number of rotatable bonds is 5. The fraction of sp³-hybridized carbons (Fsp3) is 0.300. The van der Waals surface area contributed by atoms with Gasteiger partial charge in [0, 0.05) is 18.7 Å². The highest BCUT2D eigenvalue weighted by Crippen LogP contribution is 2.30. The van der Waals surface area contributed by atoms with Crippen LogP contribution in [0.1, 0.15) is 30.1 Å². The summed E-state index contributed by atoms with van der Waals surface area (Å²) in [5.41, 5.74) is 6.37. The third-order valence-corrected chi connectivity index (χ3v) is 8.15. The molecule has 2 N–H and O–H groups in total. The van der Waals surface area contributed by atoms with Crippen LogP contribution < -0.4 is 10.9 Å². The Morgan fingerprint density at radius 3 is 2.70 bits per heavy atom. The molecule has 0 spiro atoms. The number of carbonyl (C=O) groups excluding carboxylic acids is 1. The Morgan fingerprint density at radius 2 is 2.00 bits per heavy atom. The van der Waals surface area contributed by atoms with Crippen LogP contribution in [0.5, 0.6) is 0 Å². The van der Waals surface area contributed by atoms with Crippen molar-refractivity contribution in [2.45, 2.75) is 24.7 Å². The first-order chi connectivity index (χ1) is 14.3. The van der Waals surface area contributed by atoms with Gasteiger partial charge in [0.2, 0.25) is 15.2 Å². The second kappa shape index (κ2) is 8.50. The number of piperidine rings is 1. The minimum Gasteiger partial charge on any atom is -0.273 e. The number of amides is 1. The van der Waals surface area contributed by atoms with Gasteiger partial charge in [0.25, 0.3) is 5.91 Å². The lowest BCUT2D eigenvalue weighted by Crippen LogP contribution is -2.39. The van der Waals surface area contributed by atoms with Crippen LogP contribution in [0.2, 0.25) is 5.02 Å². The SMILES string of the molecule is C[C@H]1CCCN(S(=O)(=O)c2ccc(C(=O)NNc3nc4c(Cl)cccc4s3)cc2)C1. The minimum atomic E-state index is -3.55. The van der Waals surface area contributed by atoms with Crippen LogP contribution in [0.4, 0.5) is 5.13 Å². The molecule has 30 heavy (non-hydrogen) atoms. The van der Waals surface area contributed by atoms with Crippen LogP contribution in [0.15, 0.2) is 47.4 Å². The maximum absolute atomic E-state index is 12.8. The number of nitrogens with zero attached hydrogens (tertiary/aromatic N) is 2.